The van der Waals surface area contributed by atoms with Crippen molar-refractivity contribution in [3.8, 4) is 12.3 Å². The zero-order valence-corrected chi connectivity index (χ0v) is 10.1. The van der Waals surface area contributed by atoms with Crippen molar-refractivity contribution in [3.05, 3.63) is 40.6 Å². The van der Waals surface area contributed by atoms with E-state index in [1.807, 2.05) is 0 Å². The summed E-state index contributed by atoms with van der Waals surface area (Å²) >= 11 is 0. The second-order valence-corrected chi connectivity index (χ2v) is 4.86. The molecule has 3 rings (SSSR count). The second-order valence-electron chi connectivity index (χ2n) is 4.86. The van der Waals surface area contributed by atoms with Crippen molar-refractivity contribution in [3.63, 3.8) is 0 Å². The fourth-order valence-electron chi connectivity index (χ4n) is 3.41. The van der Waals surface area contributed by atoms with Crippen LogP contribution in [0.1, 0.15) is 40.7 Å². The van der Waals surface area contributed by atoms with Crippen LogP contribution in [-0.4, -0.2) is 0 Å². The maximum absolute atomic E-state index is 5.73. The molecule has 0 saturated heterocycles. The van der Waals surface area contributed by atoms with E-state index >= 15 is 0 Å². The maximum atomic E-state index is 5.73. The molecule has 0 radical (unpaired) electrons. The molecule has 1 aromatic carbocycles. The molecule has 0 atom stereocenters. The zero-order chi connectivity index (χ0) is 11.8. The SMILES string of the molecule is C#Cc1c2c(c(NC=C)c3c1CCC3)CCC2. The van der Waals surface area contributed by atoms with Crippen molar-refractivity contribution in [2.24, 2.45) is 0 Å². The summed E-state index contributed by atoms with van der Waals surface area (Å²) in [7, 11) is 0. The Balaban J connectivity index is 2.31. The van der Waals surface area contributed by atoms with Crippen LogP contribution in [0.15, 0.2) is 12.8 Å². The van der Waals surface area contributed by atoms with Gasteiger partial charge in [0.2, 0.25) is 0 Å². The number of hydrogen-bond donors (Lipinski definition) is 1. The molecule has 0 fully saturated rings. The van der Waals surface area contributed by atoms with Crippen LogP contribution >= 0.6 is 0 Å². The summed E-state index contributed by atoms with van der Waals surface area (Å²) in [6, 6.07) is 0. The molecule has 2 aliphatic rings. The van der Waals surface area contributed by atoms with Gasteiger partial charge in [-0.25, -0.2) is 0 Å². The van der Waals surface area contributed by atoms with Gasteiger partial charge in [-0.1, -0.05) is 12.5 Å². The van der Waals surface area contributed by atoms with Gasteiger partial charge in [-0.05, 0) is 67.0 Å². The lowest BCUT2D eigenvalue weighted by Gasteiger charge is -2.17. The number of terminal acetylenes is 1. The fourth-order valence-corrected chi connectivity index (χ4v) is 3.41. The van der Waals surface area contributed by atoms with Gasteiger partial charge in [-0.2, -0.15) is 0 Å². The predicted octanol–water partition coefficient (Wildman–Crippen LogP) is 3.20. The average molecular weight is 223 g/mol. The molecule has 1 aromatic rings. The summed E-state index contributed by atoms with van der Waals surface area (Å²) in [4.78, 5) is 0. The smallest absolute Gasteiger partial charge is 0.0451 e. The van der Waals surface area contributed by atoms with E-state index in [0.29, 0.717) is 0 Å². The molecule has 86 valence electrons. The monoisotopic (exact) mass is 223 g/mol. The normalized spacial score (nSPS) is 16.2. The van der Waals surface area contributed by atoms with Crippen molar-refractivity contribution in [2.75, 3.05) is 5.32 Å². The molecule has 0 unspecified atom stereocenters. The Morgan fingerprint density at radius 2 is 1.53 bits per heavy atom. The first-order chi connectivity index (χ1) is 8.36. The van der Waals surface area contributed by atoms with E-state index < -0.39 is 0 Å². The number of rotatable bonds is 2. The summed E-state index contributed by atoms with van der Waals surface area (Å²) in [5, 5.41) is 3.35. The molecular weight excluding hydrogens is 206 g/mol. The minimum Gasteiger partial charge on any atom is -0.362 e. The fraction of sp³-hybridized carbons (Fsp3) is 0.375. The summed E-state index contributed by atoms with van der Waals surface area (Å²) in [6.45, 7) is 3.80. The molecule has 1 heteroatoms. The molecule has 0 aromatic heterocycles. The third kappa shape index (κ3) is 1.41. The van der Waals surface area contributed by atoms with Gasteiger partial charge < -0.3 is 5.32 Å². The Kier molecular flexibility index (Phi) is 2.44. The number of benzene rings is 1. The second kappa shape index (κ2) is 3.96. The highest BCUT2D eigenvalue weighted by Crippen LogP contribution is 2.41. The Labute approximate surface area is 103 Å². The molecule has 0 bridgehead atoms. The van der Waals surface area contributed by atoms with Crippen LogP contribution in [-0.2, 0) is 25.7 Å². The van der Waals surface area contributed by atoms with Crippen molar-refractivity contribution in [1.29, 1.82) is 0 Å². The lowest BCUT2D eigenvalue weighted by atomic mass is 9.92. The van der Waals surface area contributed by atoms with Gasteiger partial charge in [0.25, 0.3) is 0 Å². The van der Waals surface area contributed by atoms with Crippen LogP contribution in [0.5, 0.6) is 0 Å². The lowest BCUT2D eigenvalue weighted by Crippen LogP contribution is -2.03. The highest BCUT2D eigenvalue weighted by Gasteiger charge is 2.27. The average Bonchev–Trinajstić information content (AvgIpc) is 2.96. The van der Waals surface area contributed by atoms with Crippen LogP contribution in [0.2, 0.25) is 0 Å². The van der Waals surface area contributed by atoms with Crippen LogP contribution in [0.3, 0.4) is 0 Å². The standard InChI is InChI=1S/C16H17N/c1-3-11-12-7-5-9-14(12)16(17-4-2)15-10-6-8-13(11)15/h1,4,17H,2,5-10H2. The first-order valence-corrected chi connectivity index (χ1v) is 6.40. The Bertz CT molecular complexity index is 496. The van der Waals surface area contributed by atoms with Gasteiger partial charge in [-0.15, -0.1) is 6.42 Å². The van der Waals surface area contributed by atoms with Gasteiger partial charge in [0, 0.05) is 11.3 Å². The van der Waals surface area contributed by atoms with Gasteiger partial charge in [-0.3, -0.25) is 0 Å². The molecule has 0 spiro atoms. The molecule has 0 aliphatic heterocycles. The highest BCUT2D eigenvalue weighted by atomic mass is 14.8. The van der Waals surface area contributed by atoms with Crippen molar-refractivity contribution in [1.82, 2.24) is 0 Å². The van der Waals surface area contributed by atoms with E-state index in [4.69, 9.17) is 6.42 Å². The minimum absolute atomic E-state index is 1.15. The number of nitrogens with one attached hydrogen (secondary N) is 1. The topological polar surface area (TPSA) is 12.0 Å². The first-order valence-electron chi connectivity index (χ1n) is 6.40. The van der Waals surface area contributed by atoms with E-state index in [2.05, 4.69) is 17.8 Å². The van der Waals surface area contributed by atoms with Gasteiger partial charge in [0.15, 0.2) is 0 Å². The maximum Gasteiger partial charge on any atom is 0.0451 e. The van der Waals surface area contributed by atoms with Crippen molar-refractivity contribution in [2.45, 2.75) is 38.5 Å². The van der Waals surface area contributed by atoms with Gasteiger partial charge >= 0.3 is 0 Å². The van der Waals surface area contributed by atoms with Gasteiger partial charge in [0.05, 0.1) is 0 Å². The summed E-state index contributed by atoms with van der Waals surface area (Å²) in [6.07, 6.45) is 14.6. The number of hydrogen-bond acceptors (Lipinski definition) is 1. The van der Waals surface area contributed by atoms with E-state index in [-0.39, 0.29) is 0 Å². The van der Waals surface area contributed by atoms with Crippen molar-refractivity contribution < 1.29 is 0 Å². The minimum atomic E-state index is 1.15. The first kappa shape index (κ1) is 10.5. The molecule has 1 nitrogen and oxygen atoms in total. The molecule has 1 N–H and O–H groups in total. The van der Waals surface area contributed by atoms with Crippen molar-refractivity contribution >= 4 is 5.69 Å². The lowest BCUT2D eigenvalue weighted by molar-refractivity contribution is 0.897. The van der Waals surface area contributed by atoms with Crippen LogP contribution < -0.4 is 5.32 Å². The van der Waals surface area contributed by atoms with Crippen LogP contribution in [0.4, 0.5) is 5.69 Å². The van der Waals surface area contributed by atoms with Gasteiger partial charge in [0.1, 0.15) is 0 Å². The summed E-state index contributed by atoms with van der Waals surface area (Å²) < 4.78 is 0. The Morgan fingerprint density at radius 1 is 1.00 bits per heavy atom. The molecule has 0 saturated carbocycles. The van der Waals surface area contributed by atoms with E-state index in [0.717, 1.165) is 25.7 Å². The molecular formula is C16H17N. The van der Waals surface area contributed by atoms with E-state index in [1.54, 1.807) is 6.20 Å². The third-order valence-corrected chi connectivity index (χ3v) is 4.03. The summed E-state index contributed by atoms with van der Waals surface area (Å²) in [5.74, 6) is 2.94. The highest BCUT2D eigenvalue weighted by molar-refractivity contribution is 5.72. The zero-order valence-electron chi connectivity index (χ0n) is 10.1. The molecule has 17 heavy (non-hydrogen) atoms. The largest absolute Gasteiger partial charge is 0.362 e. The third-order valence-electron chi connectivity index (χ3n) is 4.03. The predicted molar refractivity (Wildman–Crippen MR) is 72.2 cm³/mol. The summed E-state index contributed by atoms with van der Waals surface area (Å²) in [5.41, 5.74) is 8.30. The van der Waals surface area contributed by atoms with Crippen LogP contribution in [0, 0.1) is 12.3 Å². The molecule has 0 amide bonds. The Hall–Kier alpha value is -1.68. The van der Waals surface area contributed by atoms with Crippen LogP contribution in [0.25, 0.3) is 0 Å². The Morgan fingerprint density at radius 3 is 2.00 bits per heavy atom. The quantitative estimate of drug-likeness (QED) is 0.759. The number of anilines is 1. The molecule has 0 heterocycles. The number of fused-ring (bicyclic) bond motifs is 2. The molecule has 2 aliphatic carbocycles. The van der Waals surface area contributed by atoms with E-state index in [9.17, 15) is 0 Å². The van der Waals surface area contributed by atoms with E-state index in [1.165, 1.54) is 46.3 Å².